The second-order valence-corrected chi connectivity index (χ2v) is 5.67. The Hall–Kier alpha value is -2.99. The molecule has 0 saturated carbocycles. The Bertz CT molecular complexity index is 818. The van der Waals surface area contributed by atoms with Crippen LogP contribution in [0.15, 0.2) is 65.4 Å². The smallest absolute Gasteiger partial charge is 0.276 e. The van der Waals surface area contributed by atoms with Crippen LogP contribution < -0.4 is 0 Å². The fraction of sp³-hybridized carbons (Fsp3) is 0.211. The summed E-state index contributed by atoms with van der Waals surface area (Å²) in [6, 6.07) is 14.6. The number of pyridine rings is 1. The molecular weight excluding hydrogens is 318 g/mol. The van der Waals surface area contributed by atoms with Crippen molar-refractivity contribution in [2.24, 2.45) is 0 Å². The fourth-order valence-corrected chi connectivity index (χ4v) is 2.73. The standard InChI is InChI=1S/C19H19N3O3/c1-22(17(9-12-23)14-5-3-2-4-6-14)19(24)16-13-18(25-21-16)15-7-10-20-11-8-15/h2-8,10-11,13,17,23H,9,12H2,1H3. The van der Waals surface area contributed by atoms with Crippen molar-refractivity contribution in [2.75, 3.05) is 13.7 Å². The van der Waals surface area contributed by atoms with Gasteiger partial charge < -0.3 is 14.5 Å². The molecule has 0 saturated heterocycles. The van der Waals surface area contributed by atoms with Crippen molar-refractivity contribution >= 4 is 5.91 Å². The molecule has 0 radical (unpaired) electrons. The van der Waals surface area contributed by atoms with Gasteiger partial charge in [-0.05, 0) is 24.1 Å². The molecule has 25 heavy (non-hydrogen) atoms. The third-order valence-electron chi connectivity index (χ3n) is 4.07. The summed E-state index contributed by atoms with van der Waals surface area (Å²) in [5.74, 6) is 0.254. The van der Waals surface area contributed by atoms with Gasteiger partial charge in [-0.3, -0.25) is 9.78 Å². The molecule has 0 bridgehead atoms. The maximum atomic E-state index is 12.8. The fourth-order valence-electron chi connectivity index (χ4n) is 2.73. The third kappa shape index (κ3) is 3.75. The van der Waals surface area contributed by atoms with Crippen molar-refractivity contribution < 1.29 is 14.4 Å². The highest BCUT2D eigenvalue weighted by molar-refractivity contribution is 5.93. The van der Waals surface area contributed by atoms with Crippen LogP contribution >= 0.6 is 0 Å². The Balaban J connectivity index is 1.83. The Morgan fingerprint density at radius 2 is 1.92 bits per heavy atom. The van der Waals surface area contributed by atoms with Crippen molar-refractivity contribution in [2.45, 2.75) is 12.5 Å². The van der Waals surface area contributed by atoms with Crippen molar-refractivity contribution in [1.29, 1.82) is 0 Å². The highest BCUT2D eigenvalue weighted by Gasteiger charge is 2.25. The molecule has 6 nitrogen and oxygen atoms in total. The topological polar surface area (TPSA) is 79.5 Å². The first-order valence-electron chi connectivity index (χ1n) is 8.01. The highest BCUT2D eigenvalue weighted by atomic mass is 16.5. The average molecular weight is 337 g/mol. The number of aliphatic hydroxyl groups is 1. The number of hydrogen-bond acceptors (Lipinski definition) is 5. The zero-order valence-electron chi connectivity index (χ0n) is 13.9. The normalized spacial score (nSPS) is 11.9. The molecule has 1 atom stereocenters. The van der Waals surface area contributed by atoms with Gasteiger partial charge >= 0.3 is 0 Å². The molecule has 1 aromatic carbocycles. The molecule has 1 unspecified atom stereocenters. The van der Waals surface area contributed by atoms with E-state index in [1.807, 2.05) is 30.3 Å². The summed E-state index contributed by atoms with van der Waals surface area (Å²) in [6.45, 7) is -0.0156. The van der Waals surface area contributed by atoms with Crippen LogP contribution in [0, 0.1) is 0 Å². The molecule has 3 rings (SSSR count). The zero-order valence-corrected chi connectivity index (χ0v) is 13.9. The molecule has 3 aromatic rings. The quantitative estimate of drug-likeness (QED) is 0.748. The minimum Gasteiger partial charge on any atom is -0.396 e. The second kappa shape index (κ2) is 7.72. The van der Waals surface area contributed by atoms with E-state index < -0.39 is 0 Å². The Morgan fingerprint density at radius 1 is 1.20 bits per heavy atom. The largest absolute Gasteiger partial charge is 0.396 e. The molecule has 2 aromatic heterocycles. The number of carbonyl (C=O) groups is 1. The monoisotopic (exact) mass is 337 g/mol. The molecule has 0 aliphatic heterocycles. The molecule has 0 aliphatic rings. The number of benzene rings is 1. The first-order chi connectivity index (χ1) is 12.2. The lowest BCUT2D eigenvalue weighted by Gasteiger charge is -2.27. The van der Waals surface area contributed by atoms with Gasteiger partial charge in [0.1, 0.15) is 0 Å². The Kier molecular flexibility index (Phi) is 5.20. The maximum Gasteiger partial charge on any atom is 0.276 e. The number of rotatable bonds is 6. The van der Waals surface area contributed by atoms with Gasteiger partial charge in [0.15, 0.2) is 11.5 Å². The van der Waals surface area contributed by atoms with Crippen molar-refractivity contribution in [3.05, 3.63) is 72.2 Å². The number of amides is 1. The molecule has 128 valence electrons. The third-order valence-corrected chi connectivity index (χ3v) is 4.07. The van der Waals surface area contributed by atoms with Crippen LogP contribution in [0.25, 0.3) is 11.3 Å². The Labute approximate surface area is 145 Å². The van der Waals surface area contributed by atoms with Crippen molar-refractivity contribution in [3.8, 4) is 11.3 Å². The lowest BCUT2D eigenvalue weighted by Crippen LogP contribution is -2.32. The van der Waals surface area contributed by atoms with E-state index in [-0.39, 0.29) is 24.2 Å². The molecular formula is C19H19N3O3. The van der Waals surface area contributed by atoms with E-state index in [1.165, 1.54) is 0 Å². The highest BCUT2D eigenvalue weighted by Crippen LogP contribution is 2.26. The van der Waals surface area contributed by atoms with E-state index >= 15 is 0 Å². The maximum absolute atomic E-state index is 12.8. The van der Waals surface area contributed by atoms with Crippen LogP contribution in [0.1, 0.15) is 28.5 Å². The lowest BCUT2D eigenvalue weighted by molar-refractivity contribution is 0.0695. The first kappa shape index (κ1) is 16.9. The molecule has 0 fully saturated rings. The summed E-state index contributed by atoms with van der Waals surface area (Å²) in [5.41, 5.74) is 2.00. The van der Waals surface area contributed by atoms with Crippen LogP contribution in [0.2, 0.25) is 0 Å². The average Bonchev–Trinajstić information content (AvgIpc) is 3.16. The van der Waals surface area contributed by atoms with Gasteiger partial charge in [0.2, 0.25) is 0 Å². The van der Waals surface area contributed by atoms with Gasteiger partial charge in [0, 0.05) is 37.7 Å². The van der Waals surface area contributed by atoms with E-state index in [9.17, 15) is 9.90 Å². The number of aromatic nitrogens is 2. The van der Waals surface area contributed by atoms with Gasteiger partial charge in [-0.25, -0.2) is 0 Å². The van der Waals surface area contributed by atoms with E-state index in [0.717, 1.165) is 11.1 Å². The van der Waals surface area contributed by atoms with E-state index in [0.29, 0.717) is 12.2 Å². The number of hydrogen-bond donors (Lipinski definition) is 1. The summed E-state index contributed by atoms with van der Waals surface area (Å²) in [6.07, 6.45) is 3.75. The lowest BCUT2D eigenvalue weighted by atomic mass is 10.0. The van der Waals surface area contributed by atoms with Gasteiger partial charge in [-0.2, -0.15) is 0 Å². The van der Waals surface area contributed by atoms with E-state index in [2.05, 4.69) is 10.1 Å². The summed E-state index contributed by atoms with van der Waals surface area (Å²) < 4.78 is 5.29. The molecule has 6 heteroatoms. The second-order valence-electron chi connectivity index (χ2n) is 5.67. The predicted molar refractivity (Wildman–Crippen MR) is 92.7 cm³/mol. The molecule has 0 aliphatic carbocycles. The van der Waals surface area contributed by atoms with E-state index in [4.69, 9.17) is 4.52 Å². The number of nitrogens with zero attached hydrogens (tertiary/aromatic N) is 3. The molecule has 1 amide bonds. The van der Waals surface area contributed by atoms with Crippen molar-refractivity contribution in [1.82, 2.24) is 15.0 Å². The summed E-state index contributed by atoms with van der Waals surface area (Å²) in [7, 11) is 1.70. The van der Waals surface area contributed by atoms with Crippen LogP contribution in [0.5, 0.6) is 0 Å². The van der Waals surface area contributed by atoms with Gasteiger partial charge in [-0.1, -0.05) is 35.5 Å². The SMILES string of the molecule is CN(C(=O)c1cc(-c2ccncc2)on1)C(CCO)c1ccccc1. The molecule has 2 heterocycles. The molecule has 0 spiro atoms. The Morgan fingerprint density at radius 3 is 2.60 bits per heavy atom. The first-order valence-corrected chi connectivity index (χ1v) is 8.01. The van der Waals surface area contributed by atoms with Crippen LogP contribution in [-0.4, -0.2) is 39.7 Å². The predicted octanol–water partition coefficient (Wildman–Crippen LogP) is 2.93. The molecule has 1 N–H and O–H groups in total. The minimum absolute atomic E-state index is 0.0156. The zero-order chi connectivity index (χ0) is 17.6. The summed E-state index contributed by atoms with van der Waals surface area (Å²) in [4.78, 5) is 18.3. The summed E-state index contributed by atoms with van der Waals surface area (Å²) in [5, 5.41) is 13.3. The van der Waals surface area contributed by atoms with Crippen LogP contribution in [0.4, 0.5) is 0 Å². The summed E-state index contributed by atoms with van der Waals surface area (Å²) >= 11 is 0. The number of aliphatic hydroxyl groups excluding tert-OH is 1. The van der Waals surface area contributed by atoms with Crippen molar-refractivity contribution in [3.63, 3.8) is 0 Å². The van der Waals surface area contributed by atoms with Gasteiger partial charge in [0.05, 0.1) is 6.04 Å². The van der Waals surface area contributed by atoms with Crippen LogP contribution in [0.3, 0.4) is 0 Å². The van der Waals surface area contributed by atoms with Gasteiger partial charge in [0.25, 0.3) is 5.91 Å². The van der Waals surface area contributed by atoms with Crippen LogP contribution in [-0.2, 0) is 0 Å². The number of carbonyl (C=O) groups excluding carboxylic acids is 1. The minimum atomic E-state index is -0.258. The van der Waals surface area contributed by atoms with E-state index in [1.54, 1.807) is 42.5 Å². The van der Waals surface area contributed by atoms with Gasteiger partial charge in [-0.15, -0.1) is 0 Å².